The first-order chi connectivity index (χ1) is 14.0. The molecule has 0 radical (unpaired) electrons. The Morgan fingerprint density at radius 2 is 1.93 bits per heavy atom. The number of hydrogen-bond acceptors (Lipinski definition) is 5. The molecule has 2 fully saturated rings. The highest BCUT2D eigenvalue weighted by Gasteiger charge is 2.33. The van der Waals surface area contributed by atoms with Gasteiger partial charge in [-0.25, -0.2) is 15.0 Å². The molecule has 1 aliphatic carbocycles. The number of aromatic nitrogens is 5. The fraction of sp³-hybridized carbons (Fsp3) is 0.565. The predicted octanol–water partition coefficient (Wildman–Crippen LogP) is 5.01. The second-order valence-electron chi connectivity index (χ2n) is 9.03. The van der Waals surface area contributed by atoms with Crippen molar-refractivity contribution < 1.29 is 4.74 Å². The molecule has 1 saturated heterocycles. The van der Waals surface area contributed by atoms with Crippen molar-refractivity contribution in [2.75, 3.05) is 0 Å². The van der Waals surface area contributed by atoms with Crippen molar-refractivity contribution >= 4 is 11.0 Å². The Kier molecular flexibility index (Phi) is 4.62. The molecule has 6 nitrogen and oxygen atoms in total. The van der Waals surface area contributed by atoms with Gasteiger partial charge in [-0.3, -0.25) is 4.68 Å². The van der Waals surface area contributed by atoms with E-state index in [4.69, 9.17) is 19.7 Å². The second-order valence-corrected chi connectivity index (χ2v) is 9.03. The Balaban J connectivity index is 1.49. The maximum absolute atomic E-state index is 6.30. The van der Waals surface area contributed by atoms with Crippen LogP contribution in [0.4, 0.5) is 0 Å². The summed E-state index contributed by atoms with van der Waals surface area (Å²) in [5.41, 5.74) is 4.07. The van der Waals surface area contributed by atoms with Crippen molar-refractivity contribution in [2.45, 2.75) is 83.5 Å². The lowest BCUT2D eigenvalue weighted by molar-refractivity contribution is -0.0511. The minimum absolute atomic E-state index is 0.0449. The topological polar surface area (TPSA) is 65.7 Å². The summed E-state index contributed by atoms with van der Waals surface area (Å²) in [4.78, 5) is 14.6. The molecule has 29 heavy (non-hydrogen) atoms. The quantitative estimate of drug-likeness (QED) is 0.625. The molecule has 0 aromatic carbocycles. The van der Waals surface area contributed by atoms with Crippen molar-refractivity contribution in [1.29, 1.82) is 0 Å². The van der Waals surface area contributed by atoms with Gasteiger partial charge >= 0.3 is 0 Å². The van der Waals surface area contributed by atoms with Crippen molar-refractivity contribution in [1.82, 2.24) is 24.7 Å². The van der Waals surface area contributed by atoms with Crippen LogP contribution in [0.3, 0.4) is 0 Å². The van der Waals surface area contributed by atoms with Crippen molar-refractivity contribution in [3.63, 3.8) is 0 Å². The summed E-state index contributed by atoms with van der Waals surface area (Å²) in [6.45, 7) is 8.54. The van der Waals surface area contributed by atoms with Crippen LogP contribution in [-0.4, -0.2) is 30.8 Å². The minimum atomic E-state index is 0.0449. The fourth-order valence-electron chi connectivity index (χ4n) is 4.40. The lowest BCUT2D eigenvalue weighted by Crippen LogP contribution is -2.26. The van der Waals surface area contributed by atoms with Gasteiger partial charge in [-0.2, -0.15) is 5.10 Å². The summed E-state index contributed by atoms with van der Waals surface area (Å²) in [6, 6.07) is 4.74. The maximum atomic E-state index is 6.30. The summed E-state index contributed by atoms with van der Waals surface area (Å²) < 4.78 is 8.40. The van der Waals surface area contributed by atoms with Crippen LogP contribution in [0.1, 0.15) is 93.2 Å². The van der Waals surface area contributed by atoms with Gasteiger partial charge in [0, 0.05) is 28.8 Å². The molecule has 1 aliphatic heterocycles. The van der Waals surface area contributed by atoms with Crippen molar-refractivity contribution in [2.24, 2.45) is 0 Å². The van der Waals surface area contributed by atoms with E-state index >= 15 is 0 Å². The number of pyridine rings is 1. The van der Waals surface area contributed by atoms with Crippen LogP contribution < -0.4 is 0 Å². The van der Waals surface area contributed by atoms with Gasteiger partial charge < -0.3 is 4.74 Å². The number of ether oxygens (including phenoxy) is 1. The molecule has 1 saturated carbocycles. The Bertz CT molecular complexity index is 1040. The average molecular weight is 392 g/mol. The monoisotopic (exact) mass is 391 g/mol. The molecule has 0 bridgehead atoms. The Morgan fingerprint density at radius 3 is 2.69 bits per heavy atom. The van der Waals surface area contributed by atoms with E-state index in [0.29, 0.717) is 12.0 Å². The van der Waals surface area contributed by atoms with Crippen LogP contribution in [0.25, 0.3) is 11.0 Å². The molecule has 5 rings (SSSR count). The maximum Gasteiger partial charge on any atom is 0.163 e. The van der Waals surface area contributed by atoms with E-state index in [1.54, 1.807) is 0 Å². The summed E-state index contributed by atoms with van der Waals surface area (Å²) in [5, 5.41) is 5.63. The van der Waals surface area contributed by atoms with Gasteiger partial charge in [0.25, 0.3) is 0 Å². The first kappa shape index (κ1) is 18.7. The zero-order valence-corrected chi connectivity index (χ0v) is 17.7. The molecule has 152 valence electrons. The van der Waals surface area contributed by atoms with Crippen LogP contribution in [0.15, 0.2) is 24.5 Å². The third-order valence-corrected chi connectivity index (χ3v) is 6.08. The van der Waals surface area contributed by atoms with Gasteiger partial charge in [-0.1, -0.05) is 13.8 Å². The van der Waals surface area contributed by atoms with E-state index in [1.807, 2.05) is 19.2 Å². The zero-order chi connectivity index (χ0) is 20.1. The third-order valence-electron chi connectivity index (χ3n) is 6.08. The van der Waals surface area contributed by atoms with Gasteiger partial charge in [0.05, 0.1) is 30.1 Å². The molecule has 0 spiro atoms. The van der Waals surface area contributed by atoms with Crippen molar-refractivity contribution in [3.05, 3.63) is 47.3 Å². The molecule has 3 aromatic heterocycles. The van der Waals surface area contributed by atoms with E-state index in [1.165, 1.54) is 18.4 Å². The summed E-state index contributed by atoms with van der Waals surface area (Å²) in [7, 11) is 0. The van der Waals surface area contributed by atoms with Crippen LogP contribution in [0.2, 0.25) is 0 Å². The number of fused-ring (bicyclic) bond motifs is 1. The normalized spacial score (nSPS) is 25.1. The van der Waals surface area contributed by atoms with Crippen LogP contribution in [0, 0.1) is 6.92 Å². The first-order valence-corrected chi connectivity index (χ1v) is 10.8. The predicted molar refractivity (Wildman–Crippen MR) is 112 cm³/mol. The van der Waals surface area contributed by atoms with Crippen molar-refractivity contribution in [3.8, 4) is 0 Å². The second kappa shape index (κ2) is 7.17. The van der Waals surface area contributed by atoms with E-state index in [0.717, 1.165) is 41.1 Å². The lowest BCUT2D eigenvalue weighted by atomic mass is 9.89. The fourth-order valence-corrected chi connectivity index (χ4v) is 4.40. The molecule has 3 aromatic rings. The first-order valence-electron chi connectivity index (χ1n) is 10.8. The zero-order valence-electron chi connectivity index (χ0n) is 17.7. The van der Waals surface area contributed by atoms with E-state index in [9.17, 15) is 0 Å². The number of aryl methyl sites for hydroxylation is 1. The van der Waals surface area contributed by atoms with Gasteiger partial charge in [-0.15, -0.1) is 0 Å². The minimum Gasteiger partial charge on any atom is -0.370 e. The van der Waals surface area contributed by atoms with Crippen LogP contribution in [0.5, 0.6) is 0 Å². The molecule has 0 amide bonds. The van der Waals surface area contributed by atoms with E-state index < -0.39 is 0 Å². The molecule has 2 aliphatic rings. The highest BCUT2D eigenvalue weighted by Crippen LogP contribution is 2.41. The number of nitrogens with zero attached hydrogens (tertiary/aromatic N) is 5. The summed E-state index contributed by atoms with van der Waals surface area (Å²) in [5.74, 6) is 1.50. The molecular formula is C23H29N5O. The number of rotatable bonds is 4. The molecule has 4 heterocycles. The van der Waals surface area contributed by atoms with Gasteiger partial charge in [0.15, 0.2) is 5.65 Å². The standard InChI is InChI=1S/C23H29N5O/c1-13(2)21-19-8-5-14(3)25-23(19)27-22(26-21)16-9-15(4)29-20(10-16)17-11-24-28(12-17)18-6-7-18/h5,8,11-13,15-16,18,20H,6-7,9-10H2,1-4H3/t15-,16+,20+/m0/s1. The Morgan fingerprint density at radius 1 is 1.10 bits per heavy atom. The van der Waals surface area contributed by atoms with Gasteiger partial charge in [0.1, 0.15) is 5.82 Å². The molecule has 0 unspecified atom stereocenters. The summed E-state index contributed by atoms with van der Waals surface area (Å²) >= 11 is 0. The summed E-state index contributed by atoms with van der Waals surface area (Å²) in [6.07, 6.45) is 8.64. The largest absolute Gasteiger partial charge is 0.370 e. The number of hydrogen-bond donors (Lipinski definition) is 0. The van der Waals surface area contributed by atoms with Crippen LogP contribution in [-0.2, 0) is 4.74 Å². The van der Waals surface area contributed by atoms with E-state index in [-0.39, 0.29) is 18.1 Å². The average Bonchev–Trinajstić information content (AvgIpc) is 3.42. The molecule has 0 N–H and O–H groups in total. The molecule has 6 heteroatoms. The van der Waals surface area contributed by atoms with Gasteiger partial charge in [-0.05, 0) is 57.6 Å². The van der Waals surface area contributed by atoms with Crippen LogP contribution >= 0.6 is 0 Å². The lowest BCUT2D eigenvalue weighted by Gasteiger charge is -2.33. The highest BCUT2D eigenvalue weighted by atomic mass is 16.5. The smallest absolute Gasteiger partial charge is 0.163 e. The SMILES string of the molecule is Cc1ccc2c(C(C)C)nc([C@@H]3C[C@H](C)O[C@@H](c4cnn(C5CC5)c4)C3)nc2n1. The third kappa shape index (κ3) is 3.66. The Hall–Kier alpha value is -2.34. The highest BCUT2D eigenvalue weighted by molar-refractivity contribution is 5.78. The van der Waals surface area contributed by atoms with E-state index in [2.05, 4.69) is 42.8 Å². The van der Waals surface area contributed by atoms with Gasteiger partial charge in [0.2, 0.25) is 0 Å². The molecule has 3 atom stereocenters. The Labute approximate surface area is 171 Å². The molecular weight excluding hydrogens is 362 g/mol.